The number of hydrogen-bond donors (Lipinski definition) is 1. The summed E-state index contributed by atoms with van der Waals surface area (Å²) in [6.07, 6.45) is 1.44. The lowest BCUT2D eigenvalue weighted by atomic mass is 10.1. The number of hydrogen-bond acceptors (Lipinski definition) is 8. The number of methoxy groups -OCH3 is 1. The average Bonchev–Trinajstić information content (AvgIpc) is 3.00. The Morgan fingerprint density at radius 2 is 2.00 bits per heavy atom. The molecule has 12 heteroatoms. The molecule has 3 rings (SSSR count). The number of carboxylic acid groups (broad SMARTS) is 1. The molecule has 0 unspecified atom stereocenters. The van der Waals surface area contributed by atoms with Gasteiger partial charge in [-0.1, -0.05) is 11.6 Å². The van der Waals surface area contributed by atoms with Crippen LogP contribution in [0.5, 0.6) is 11.5 Å². The molecule has 3 amide bonds. The maximum atomic E-state index is 12.7. The molecule has 2 saturated heterocycles. The Hall–Kier alpha value is -2.76. The van der Waals surface area contributed by atoms with Crippen LogP contribution in [0.1, 0.15) is 5.56 Å². The van der Waals surface area contributed by atoms with Crippen molar-refractivity contribution in [2.24, 2.45) is 0 Å². The summed E-state index contributed by atoms with van der Waals surface area (Å²) in [6.45, 7) is 0.725. The van der Waals surface area contributed by atoms with Crippen LogP contribution in [0.4, 0.5) is 4.79 Å². The van der Waals surface area contributed by atoms with Gasteiger partial charge in [0, 0.05) is 13.1 Å². The summed E-state index contributed by atoms with van der Waals surface area (Å²) in [5.74, 6) is -1.87. The van der Waals surface area contributed by atoms with Crippen LogP contribution < -0.4 is 9.47 Å². The number of benzene rings is 1. The topological polar surface area (TPSA) is 123 Å². The fourth-order valence-corrected chi connectivity index (χ4v) is 4.04. The van der Waals surface area contributed by atoms with Crippen LogP contribution >= 0.6 is 23.4 Å². The molecule has 166 valence electrons. The lowest BCUT2D eigenvalue weighted by Gasteiger charge is -2.28. The number of morpholine rings is 1. The van der Waals surface area contributed by atoms with Crippen LogP contribution in [0.25, 0.3) is 6.08 Å². The highest BCUT2D eigenvalue weighted by Crippen LogP contribution is 2.39. The molecule has 0 saturated carbocycles. The summed E-state index contributed by atoms with van der Waals surface area (Å²) in [6, 6.07) is 2.95. The number of nitrogens with zero attached hydrogens (tertiary/aromatic N) is 2. The van der Waals surface area contributed by atoms with Gasteiger partial charge in [0.2, 0.25) is 5.91 Å². The highest BCUT2D eigenvalue weighted by molar-refractivity contribution is 8.18. The molecule has 0 bridgehead atoms. The lowest BCUT2D eigenvalue weighted by molar-refractivity contribution is -0.139. The predicted octanol–water partition coefficient (Wildman–Crippen LogP) is 1.71. The minimum Gasteiger partial charge on any atom is -0.493 e. The molecule has 0 radical (unpaired) electrons. The van der Waals surface area contributed by atoms with E-state index in [4.69, 9.17) is 30.9 Å². The van der Waals surface area contributed by atoms with E-state index in [2.05, 4.69) is 0 Å². The van der Waals surface area contributed by atoms with Gasteiger partial charge < -0.3 is 24.2 Å². The summed E-state index contributed by atoms with van der Waals surface area (Å²) in [5, 5.41) is 8.30. The molecule has 0 spiro atoms. The summed E-state index contributed by atoms with van der Waals surface area (Å²) in [5.41, 5.74) is 0.439. The first kappa shape index (κ1) is 22.9. The lowest BCUT2D eigenvalue weighted by Crippen LogP contribution is -2.46. The number of halogens is 1. The van der Waals surface area contributed by atoms with Crippen LogP contribution in [0.15, 0.2) is 17.0 Å². The normalized spacial score (nSPS) is 17.9. The van der Waals surface area contributed by atoms with Gasteiger partial charge in [0.05, 0.1) is 30.3 Å². The number of rotatable bonds is 7. The van der Waals surface area contributed by atoms with E-state index < -0.39 is 23.7 Å². The zero-order chi connectivity index (χ0) is 22.5. The molecule has 0 atom stereocenters. The van der Waals surface area contributed by atoms with Crippen molar-refractivity contribution < 1.29 is 38.5 Å². The largest absolute Gasteiger partial charge is 0.493 e. The number of thioether (sulfide) groups is 1. The number of amides is 3. The highest BCUT2D eigenvalue weighted by atomic mass is 35.5. The summed E-state index contributed by atoms with van der Waals surface area (Å²) in [7, 11) is 1.36. The van der Waals surface area contributed by atoms with Crippen molar-refractivity contribution in [3.8, 4) is 11.5 Å². The van der Waals surface area contributed by atoms with E-state index in [0.717, 1.165) is 4.90 Å². The van der Waals surface area contributed by atoms with Gasteiger partial charge in [-0.2, -0.15) is 0 Å². The van der Waals surface area contributed by atoms with Crippen molar-refractivity contribution in [3.63, 3.8) is 0 Å². The van der Waals surface area contributed by atoms with Crippen molar-refractivity contribution >= 4 is 52.5 Å². The average molecular weight is 471 g/mol. The minimum atomic E-state index is -1.18. The van der Waals surface area contributed by atoms with Gasteiger partial charge in [-0.05, 0) is 35.5 Å². The first-order valence-corrected chi connectivity index (χ1v) is 10.3. The zero-order valence-electron chi connectivity index (χ0n) is 16.5. The molecule has 31 heavy (non-hydrogen) atoms. The Bertz CT molecular complexity index is 945. The molecule has 1 aromatic rings. The summed E-state index contributed by atoms with van der Waals surface area (Å²) < 4.78 is 15.5. The quantitative estimate of drug-likeness (QED) is 0.593. The predicted molar refractivity (Wildman–Crippen MR) is 111 cm³/mol. The van der Waals surface area contributed by atoms with Gasteiger partial charge in [0.1, 0.15) is 6.54 Å². The van der Waals surface area contributed by atoms with E-state index >= 15 is 0 Å². The van der Waals surface area contributed by atoms with E-state index in [0.29, 0.717) is 43.6 Å². The van der Waals surface area contributed by atoms with Crippen LogP contribution in [0, 0.1) is 0 Å². The van der Waals surface area contributed by atoms with Gasteiger partial charge >= 0.3 is 5.97 Å². The van der Waals surface area contributed by atoms with Crippen molar-refractivity contribution in [2.45, 2.75) is 0 Å². The number of aliphatic carboxylic acids is 1. The fourth-order valence-electron chi connectivity index (χ4n) is 2.93. The third-order valence-electron chi connectivity index (χ3n) is 4.42. The highest BCUT2D eigenvalue weighted by Gasteiger charge is 2.37. The standard InChI is InChI=1S/C19H19ClN2O8S/c1-28-13-7-11(6-12(20)17(13)30-10-16(24)25)8-14-18(26)22(19(27)31-14)9-15(23)21-2-4-29-5-3-21/h6-8H,2-5,9-10H2,1H3,(H,24,25)/b14-8-. The maximum Gasteiger partial charge on any atom is 0.341 e. The molecule has 2 aliphatic heterocycles. The molecule has 1 aromatic carbocycles. The smallest absolute Gasteiger partial charge is 0.341 e. The molecule has 2 aliphatic rings. The SMILES string of the molecule is COc1cc(/C=C2\SC(=O)N(CC(=O)N3CCOCC3)C2=O)cc(Cl)c1OCC(=O)O. The Kier molecular flexibility index (Phi) is 7.42. The zero-order valence-corrected chi connectivity index (χ0v) is 18.0. The van der Waals surface area contributed by atoms with Gasteiger partial charge in [0.25, 0.3) is 11.1 Å². The van der Waals surface area contributed by atoms with Crippen molar-refractivity contribution in [1.82, 2.24) is 9.80 Å². The molecular formula is C19H19ClN2O8S. The van der Waals surface area contributed by atoms with Crippen LogP contribution in [0.3, 0.4) is 0 Å². The minimum absolute atomic E-state index is 0.0490. The molecule has 2 heterocycles. The Morgan fingerprint density at radius 3 is 2.65 bits per heavy atom. The molecule has 0 aliphatic carbocycles. The number of imide groups is 1. The Labute approximate surface area is 186 Å². The molecular weight excluding hydrogens is 452 g/mol. The van der Waals surface area contributed by atoms with Crippen molar-refractivity contribution in [2.75, 3.05) is 46.6 Å². The molecule has 10 nitrogen and oxygen atoms in total. The van der Waals surface area contributed by atoms with Crippen LogP contribution in [-0.2, 0) is 19.1 Å². The second-order valence-corrected chi connectivity index (χ2v) is 7.88. The Morgan fingerprint density at radius 1 is 1.29 bits per heavy atom. The summed E-state index contributed by atoms with van der Waals surface area (Å²) in [4.78, 5) is 50.7. The second kappa shape index (κ2) is 10.0. The van der Waals surface area contributed by atoms with E-state index in [1.54, 1.807) is 4.90 Å². The number of carbonyl (C=O) groups is 4. The number of carbonyl (C=O) groups excluding carboxylic acids is 3. The van der Waals surface area contributed by atoms with E-state index in [9.17, 15) is 19.2 Å². The van der Waals surface area contributed by atoms with E-state index in [-0.39, 0.29) is 33.9 Å². The summed E-state index contributed by atoms with van der Waals surface area (Å²) >= 11 is 6.89. The van der Waals surface area contributed by atoms with Crippen LogP contribution in [-0.4, -0.2) is 84.5 Å². The van der Waals surface area contributed by atoms with Gasteiger partial charge in [-0.25, -0.2) is 4.79 Å². The van der Waals surface area contributed by atoms with Crippen molar-refractivity contribution in [3.05, 3.63) is 27.6 Å². The number of ether oxygens (including phenoxy) is 3. The Balaban J connectivity index is 1.76. The third-order valence-corrected chi connectivity index (χ3v) is 5.61. The van der Waals surface area contributed by atoms with Crippen molar-refractivity contribution in [1.29, 1.82) is 0 Å². The third kappa shape index (κ3) is 5.49. The molecule has 0 aromatic heterocycles. The van der Waals surface area contributed by atoms with Crippen LogP contribution in [0.2, 0.25) is 5.02 Å². The van der Waals surface area contributed by atoms with Gasteiger partial charge in [0.15, 0.2) is 18.1 Å². The monoisotopic (exact) mass is 470 g/mol. The second-order valence-electron chi connectivity index (χ2n) is 6.48. The van der Waals surface area contributed by atoms with Gasteiger partial charge in [-0.3, -0.25) is 19.3 Å². The first-order chi connectivity index (χ1) is 14.8. The maximum absolute atomic E-state index is 12.7. The molecule has 1 N–H and O–H groups in total. The van der Waals surface area contributed by atoms with E-state index in [1.807, 2.05) is 0 Å². The fraction of sp³-hybridized carbons (Fsp3) is 0.368. The van der Waals surface area contributed by atoms with Gasteiger partial charge in [-0.15, -0.1) is 0 Å². The van der Waals surface area contributed by atoms with E-state index in [1.165, 1.54) is 25.3 Å². The first-order valence-electron chi connectivity index (χ1n) is 9.13. The number of carboxylic acids is 1. The molecule has 2 fully saturated rings.